The molecule has 4 rings (SSSR count). The first kappa shape index (κ1) is 30.4. The second kappa shape index (κ2) is 11.8. The molecule has 0 radical (unpaired) electrons. The quantitative estimate of drug-likeness (QED) is 0.339. The van der Waals surface area contributed by atoms with Crippen LogP contribution in [0.4, 0.5) is 14.0 Å². The Morgan fingerprint density at radius 2 is 1.69 bits per heavy atom. The fraction of sp³-hybridized carbons (Fsp3) is 0.387. The molecule has 42 heavy (non-hydrogen) atoms. The lowest BCUT2D eigenvalue weighted by Gasteiger charge is -2.25. The maximum atomic E-state index is 15.0. The normalized spacial score (nSPS) is 15.7. The lowest BCUT2D eigenvalue weighted by Crippen LogP contribution is -2.41. The van der Waals surface area contributed by atoms with E-state index in [9.17, 15) is 14.4 Å². The smallest absolute Gasteiger partial charge is 0.437 e. The Balaban J connectivity index is 1.57. The SMILES string of the molecule is CC(c1ccc(-c2ccccc2)c(F)c1)c1cc(CN2C(=O)CN(C(=O)OC(C)(C)C)/C2=N\C(=O)OC(C)(C)C)no1. The summed E-state index contributed by atoms with van der Waals surface area (Å²) in [5, 5.41) is 4.08. The van der Waals surface area contributed by atoms with Crippen LogP contribution >= 0.6 is 0 Å². The molecule has 1 fully saturated rings. The van der Waals surface area contributed by atoms with Crippen LogP contribution in [0.2, 0.25) is 0 Å². The Morgan fingerprint density at radius 3 is 2.31 bits per heavy atom. The number of amides is 3. The van der Waals surface area contributed by atoms with Gasteiger partial charge in [0.2, 0.25) is 11.9 Å². The number of hydrogen-bond acceptors (Lipinski definition) is 7. The summed E-state index contributed by atoms with van der Waals surface area (Å²) in [5.74, 6) is -1.01. The highest BCUT2D eigenvalue weighted by Gasteiger charge is 2.41. The molecule has 0 spiro atoms. The number of benzene rings is 2. The second-order valence-corrected chi connectivity index (χ2v) is 12.0. The minimum absolute atomic E-state index is 0.142. The van der Waals surface area contributed by atoms with Crippen molar-refractivity contribution in [2.75, 3.05) is 6.54 Å². The van der Waals surface area contributed by atoms with E-state index in [1.165, 1.54) is 6.07 Å². The Labute approximate surface area is 244 Å². The molecule has 222 valence electrons. The van der Waals surface area contributed by atoms with Gasteiger partial charge in [-0.15, -0.1) is 4.99 Å². The van der Waals surface area contributed by atoms with E-state index in [0.29, 0.717) is 22.6 Å². The number of aromatic nitrogens is 1. The first-order chi connectivity index (χ1) is 19.6. The zero-order valence-corrected chi connectivity index (χ0v) is 24.8. The van der Waals surface area contributed by atoms with E-state index in [-0.39, 0.29) is 30.8 Å². The Bertz CT molecular complexity index is 1500. The van der Waals surface area contributed by atoms with Crippen LogP contribution in [0.25, 0.3) is 11.1 Å². The summed E-state index contributed by atoms with van der Waals surface area (Å²) in [6, 6.07) is 15.9. The van der Waals surface area contributed by atoms with Crippen molar-refractivity contribution in [2.24, 2.45) is 4.99 Å². The molecule has 3 aromatic rings. The molecule has 1 aliphatic rings. The van der Waals surface area contributed by atoms with Gasteiger partial charge in [-0.25, -0.2) is 18.9 Å². The third kappa shape index (κ3) is 7.39. The number of hydrogen-bond donors (Lipinski definition) is 0. The molecule has 1 atom stereocenters. The highest BCUT2D eigenvalue weighted by atomic mass is 19.1. The lowest BCUT2D eigenvalue weighted by molar-refractivity contribution is -0.125. The predicted molar refractivity (Wildman–Crippen MR) is 153 cm³/mol. The van der Waals surface area contributed by atoms with Gasteiger partial charge in [0.15, 0.2) is 0 Å². The van der Waals surface area contributed by atoms with E-state index in [1.807, 2.05) is 43.3 Å². The zero-order chi connectivity index (χ0) is 30.8. The van der Waals surface area contributed by atoms with Gasteiger partial charge in [-0.1, -0.05) is 54.5 Å². The van der Waals surface area contributed by atoms with Gasteiger partial charge in [-0.2, -0.15) is 0 Å². The van der Waals surface area contributed by atoms with E-state index < -0.39 is 29.3 Å². The fourth-order valence-corrected chi connectivity index (χ4v) is 4.24. The van der Waals surface area contributed by atoms with Gasteiger partial charge in [0.1, 0.15) is 35.0 Å². The predicted octanol–water partition coefficient (Wildman–Crippen LogP) is 6.50. The molecule has 2 aromatic carbocycles. The van der Waals surface area contributed by atoms with E-state index in [1.54, 1.807) is 53.7 Å². The van der Waals surface area contributed by atoms with E-state index in [0.717, 1.165) is 15.4 Å². The van der Waals surface area contributed by atoms with Crippen LogP contribution in [0.15, 0.2) is 64.1 Å². The zero-order valence-electron chi connectivity index (χ0n) is 24.8. The average Bonchev–Trinajstić information content (AvgIpc) is 3.47. The van der Waals surface area contributed by atoms with Crippen LogP contribution in [0.3, 0.4) is 0 Å². The summed E-state index contributed by atoms with van der Waals surface area (Å²) in [5.41, 5.74) is 0.589. The maximum absolute atomic E-state index is 15.0. The highest BCUT2D eigenvalue weighted by Crippen LogP contribution is 2.30. The molecular formula is C31H35FN4O6. The number of aliphatic imine (C=N–C) groups is 1. The van der Waals surface area contributed by atoms with Gasteiger partial charge in [0.05, 0.1) is 6.54 Å². The third-order valence-electron chi connectivity index (χ3n) is 6.18. The minimum Gasteiger partial charge on any atom is -0.443 e. The summed E-state index contributed by atoms with van der Waals surface area (Å²) in [7, 11) is 0. The van der Waals surface area contributed by atoms with Crippen molar-refractivity contribution in [1.82, 2.24) is 15.0 Å². The van der Waals surface area contributed by atoms with Gasteiger partial charge >= 0.3 is 12.2 Å². The molecule has 1 aromatic heterocycles. The molecule has 1 unspecified atom stereocenters. The summed E-state index contributed by atoms with van der Waals surface area (Å²) >= 11 is 0. The molecule has 2 heterocycles. The van der Waals surface area contributed by atoms with Gasteiger partial charge in [0.25, 0.3) is 0 Å². The van der Waals surface area contributed by atoms with Gasteiger partial charge < -0.3 is 14.0 Å². The van der Waals surface area contributed by atoms with Crippen molar-refractivity contribution in [3.05, 3.63) is 77.4 Å². The molecule has 11 heteroatoms. The summed E-state index contributed by atoms with van der Waals surface area (Å²) in [6.07, 6.45) is -1.81. The molecular weight excluding hydrogens is 543 g/mol. The number of guanidine groups is 1. The molecule has 1 saturated heterocycles. The molecule has 0 aliphatic carbocycles. The van der Waals surface area contributed by atoms with Gasteiger partial charge in [0, 0.05) is 17.5 Å². The summed E-state index contributed by atoms with van der Waals surface area (Å²) < 4.78 is 31.3. The van der Waals surface area contributed by atoms with Crippen LogP contribution in [0.5, 0.6) is 0 Å². The van der Waals surface area contributed by atoms with Crippen LogP contribution in [0.1, 0.15) is 71.4 Å². The van der Waals surface area contributed by atoms with Crippen LogP contribution in [-0.2, 0) is 20.8 Å². The third-order valence-corrected chi connectivity index (χ3v) is 6.18. The van der Waals surface area contributed by atoms with Crippen LogP contribution in [0, 0.1) is 5.82 Å². The van der Waals surface area contributed by atoms with Gasteiger partial charge in [-0.05, 0) is 58.7 Å². The van der Waals surface area contributed by atoms with Crippen molar-refractivity contribution >= 4 is 24.1 Å². The average molecular weight is 579 g/mol. The number of carbonyl (C=O) groups is 3. The molecule has 3 amide bonds. The highest BCUT2D eigenvalue weighted by molar-refractivity contribution is 6.12. The molecule has 0 saturated carbocycles. The number of halogens is 1. The summed E-state index contributed by atoms with van der Waals surface area (Å²) in [6.45, 7) is 11.4. The van der Waals surface area contributed by atoms with Crippen molar-refractivity contribution in [3.63, 3.8) is 0 Å². The maximum Gasteiger partial charge on any atom is 0.437 e. The monoisotopic (exact) mass is 578 g/mol. The number of carbonyl (C=O) groups excluding carboxylic acids is 3. The van der Waals surface area contributed by atoms with E-state index in [4.69, 9.17) is 14.0 Å². The van der Waals surface area contributed by atoms with Crippen molar-refractivity contribution in [1.29, 1.82) is 0 Å². The molecule has 0 N–H and O–H groups in total. The van der Waals surface area contributed by atoms with E-state index >= 15 is 4.39 Å². The standard InChI is InChI=1S/C31H35FN4O6/c1-19(21-13-14-23(24(32)15-21)20-11-9-8-10-12-20)25-16-22(34-42-25)17-35-26(37)18-36(29(39)41-31(5,6)7)27(35)33-28(38)40-30(2,3)4/h8-16,19H,17-18H2,1-7H3/b33-27-. The van der Waals surface area contributed by atoms with Crippen molar-refractivity contribution in [3.8, 4) is 11.1 Å². The first-order valence-electron chi connectivity index (χ1n) is 13.5. The van der Waals surface area contributed by atoms with Gasteiger partial charge in [-0.3, -0.25) is 9.69 Å². The number of rotatable bonds is 5. The topological polar surface area (TPSA) is 115 Å². The number of ether oxygens (including phenoxy) is 2. The number of nitrogens with zero attached hydrogens (tertiary/aromatic N) is 4. The van der Waals surface area contributed by atoms with Crippen LogP contribution < -0.4 is 0 Å². The molecule has 1 aliphatic heterocycles. The second-order valence-electron chi connectivity index (χ2n) is 12.0. The Kier molecular flexibility index (Phi) is 8.51. The molecule has 10 nitrogen and oxygen atoms in total. The fourth-order valence-electron chi connectivity index (χ4n) is 4.24. The Morgan fingerprint density at radius 1 is 1.02 bits per heavy atom. The Hall–Kier alpha value is -4.54. The van der Waals surface area contributed by atoms with E-state index in [2.05, 4.69) is 10.1 Å². The lowest BCUT2D eigenvalue weighted by atomic mass is 9.95. The minimum atomic E-state index is -0.971. The van der Waals surface area contributed by atoms with Crippen molar-refractivity contribution in [2.45, 2.75) is 72.1 Å². The summed E-state index contributed by atoms with van der Waals surface area (Å²) in [4.78, 5) is 44.6. The largest absolute Gasteiger partial charge is 0.443 e. The van der Waals surface area contributed by atoms with Crippen molar-refractivity contribution < 1.29 is 32.8 Å². The van der Waals surface area contributed by atoms with Crippen LogP contribution in [-0.4, -0.2) is 56.8 Å². The molecule has 0 bridgehead atoms. The first-order valence-corrected chi connectivity index (χ1v) is 13.5.